The van der Waals surface area contributed by atoms with E-state index in [1.54, 1.807) is 0 Å². The van der Waals surface area contributed by atoms with Crippen molar-refractivity contribution in [1.29, 1.82) is 0 Å². The number of piperidine rings is 1. The van der Waals surface area contributed by atoms with Gasteiger partial charge in [0.1, 0.15) is 12.3 Å². The molecule has 6 nitrogen and oxygen atoms in total. The number of nitrogens with one attached hydrogen (secondary N) is 2. The summed E-state index contributed by atoms with van der Waals surface area (Å²) in [4.78, 5) is 11.6. The smallest absolute Gasteiger partial charge is 0.216 e. The summed E-state index contributed by atoms with van der Waals surface area (Å²) in [6, 6.07) is 0. The molecule has 1 aromatic heterocycles. The molecule has 0 spiro atoms. The molecule has 0 aliphatic carbocycles. The average Bonchev–Trinajstić information content (AvgIpc) is 2.89. The summed E-state index contributed by atoms with van der Waals surface area (Å²) in [5.74, 6) is 2.35. The third-order valence-electron chi connectivity index (χ3n) is 4.69. The number of halogens is 1. The lowest BCUT2D eigenvalue weighted by Crippen LogP contribution is -2.54. The molecule has 25 heavy (non-hydrogen) atoms. The highest BCUT2D eigenvalue weighted by atomic mass is 127. The van der Waals surface area contributed by atoms with Crippen LogP contribution in [0, 0.1) is 13.8 Å². The number of nitrogens with zero attached hydrogens (tertiary/aromatic N) is 3. The molecule has 0 saturated carbocycles. The first-order valence-electron chi connectivity index (χ1n) is 9.12. The van der Waals surface area contributed by atoms with Crippen LogP contribution in [0.5, 0.6) is 0 Å². The summed E-state index contributed by atoms with van der Waals surface area (Å²) < 4.78 is 5.60. The van der Waals surface area contributed by atoms with Crippen molar-refractivity contribution in [3.8, 4) is 0 Å². The van der Waals surface area contributed by atoms with Crippen LogP contribution in [0.4, 0.5) is 0 Å². The van der Waals surface area contributed by atoms with Crippen LogP contribution in [0.15, 0.2) is 9.41 Å². The topological polar surface area (TPSA) is 65.7 Å². The Labute approximate surface area is 169 Å². The van der Waals surface area contributed by atoms with Gasteiger partial charge in [-0.25, -0.2) is 9.98 Å². The zero-order valence-corrected chi connectivity index (χ0v) is 18.6. The number of aromatic nitrogens is 1. The Bertz CT molecular complexity index is 530. The fourth-order valence-corrected chi connectivity index (χ4v) is 3.01. The van der Waals surface area contributed by atoms with Gasteiger partial charge in [0.05, 0.1) is 5.69 Å². The Balaban J connectivity index is 0.00000312. The van der Waals surface area contributed by atoms with Gasteiger partial charge in [0.25, 0.3) is 0 Å². The minimum Gasteiger partial charge on any atom is -0.444 e. The highest BCUT2D eigenvalue weighted by molar-refractivity contribution is 14.0. The molecule has 2 rings (SSSR count). The molecule has 0 bridgehead atoms. The number of aliphatic imine (C=N–C) groups is 1. The van der Waals surface area contributed by atoms with Crippen LogP contribution < -0.4 is 10.6 Å². The van der Waals surface area contributed by atoms with Gasteiger partial charge in [-0.05, 0) is 60.5 Å². The van der Waals surface area contributed by atoms with Gasteiger partial charge in [0.2, 0.25) is 5.89 Å². The number of aryl methyl sites for hydroxylation is 2. The van der Waals surface area contributed by atoms with Gasteiger partial charge in [0.15, 0.2) is 5.96 Å². The molecule has 2 heterocycles. The number of likely N-dealkylation sites (tertiary alicyclic amines) is 1. The van der Waals surface area contributed by atoms with Crippen LogP contribution in [-0.4, -0.2) is 47.6 Å². The van der Waals surface area contributed by atoms with Crippen molar-refractivity contribution in [1.82, 2.24) is 20.5 Å². The van der Waals surface area contributed by atoms with Crippen LogP contribution in [0.2, 0.25) is 0 Å². The first-order valence-corrected chi connectivity index (χ1v) is 9.12. The molecule has 0 radical (unpaired) electrons. The maximum absolute atomic E-state index is 5.60. The van der Waals surface area contributed by atoms with Gasteiger partial charge >= 0.3 is 0 Å². The van der Waals surface area contributed by atoms with E-state index in [0.29, 0.717) is 12.4 Å². The second-order valence-corrected chi connectivity index (χ2v) is 7.16. The molecular weight excluding hydrogens is 429 g/mol. The van der Waals surface area contributed by atoms with Gasteiger partial charge < -0.3 is 15.1 Å². The van der Waals surface area contributed by atoms with Gasteiger partial charge in [-0.3, -0.25) is 4.90 Å². The molecule has 0 amide bonds. The van der Waals surface area contributed by atoms with E-state index in [-0.39, 0.29) is 29.5 Å². The molecule has 7 heteroatoms. The fourth-order valence-electron chi connectivity index (χ4n) is 3.01. The highest BCUT2D eigenvalue weighted by Gasteiger charge is 2.27. The third kappa shape index (κ3) is 6.77. The normalized spacial score (nSPS) is 16.4. The van der Waals surface area contributed by atoms with Gasteiger partial charge in [-0.2, -0.15) is 0 Å². The SMILES string of the molecule is CCNC(=NCc1nc(C)c(C)o1)NCC(C)(C)N1CCCCC1.I. The van der Waals surface area contributed by atoms with Crippen LogP contribution in [-0.2, 0) is 6.54 Å². The predicted octanol–water partition coefficient (Wildman–Crippen LogP) is 3.23. The van der Waals surface area contributed by atoms with Gasteiger partial charge in [-0.1, -0.05) is 6.42 Å². The molecule has 1 aliphatic rings. The van der Waals surface area contributed by atoms with Crippen molar-refractivity contribution in [3.63, 3.8) is 0 Å². The number of hydrogen-bond donors (Lipinski definition) is 2. The summed E-state index contributed by atoms with van der Waals surface area (Å²) in [7, 11) is 0. The Kier molecular flexibility index (Phi) is 9.20. The number of hydrogen-bond acceptors (Lipinski definition) is 4. The zero-order valence-electron chi connectivity index (χ0n) is 16.3. The second-order valence-electron chi connectivity index (χ2n) is 7.16. The lowest BCUT2D eigenvalue weighted by Gasteiger charge is -2.41. The maximum Gasteiger partial charge on any atom is 0.216 e. The largest absolute Gasteiger partial charge is 0.444 e. The van der Waals surface area contributed by atoms with E-state index in [0.717, 1.165) is 30.5 Å². The minimum absolute atomic E-state index is 0. The van der Waals surface area contributed by atoms with Crippen molar-refractivity contribution >= 4 is 29.9 Å². The molecule has 0 atom stereocenters. The molecule has 2 N–H and O–H groups in total. The lowest BCUT2D eigenvalue weighted by molar-refractivity contribution is 0.0982. The van der Waals surface area contributed by atoms with E-state index >= 15 is 0 Å². The summed E-state index contributed by atoms with van der Waals surface area (Å²) >= 11 is 0. The van der Waals surface area contributed by atoms with Crippen molar-refractivity contribution in [2.24, 2.45) is 4.99 Å². The summed E-state index contributed by atoms with van der Waals surface area (Å²) in [5.41, 5.74) is 1.05. The average molecular weight is 463 g/mol. The summed E-state index contributed by atoms with van der Waals surface area (Å²) in [6.07, 6.45) is 3.97. The second kappa shape index (κ2) is 10.4. The Morgan fingerprint density at radius 3 is 2.44 bits per heavy atom. The Hall–Kier alpha value is -0.830. The molecule has 1 saturated heterocycles. The fraction of sp³-hybridized carbons (Fsp3) is 0.778. The number of guanidine groups is 1. The van der Waals surface area contributed by atoms with Gasteiger partial charge in [-0.15, -0.1) is 24.0 Å². The first-order chi connectivity index (χ1) is 11.4. The zero-order chi connectivity index (χ0) is 17.6. The third-order valence-corrected chi connectivity index (χ3v) is 4.69. The van der Waals surface area contributed by atoms with Crippen molar-refractivity contribution in [2.75, 3.05) is 26.2 Å². The standard InChI is InChI=1S/C18H33N5O.HI/c1-6-19-17(20-12-16-22-14(2)15(3)24-16)21-13-18(4,5)23-10-8-7-9-11-23;/h6-13H2,1-5H3,(H2,19,20,21);1H. The van der Waals surface area contributed by atoms with E-state index in [1.165, 1.54) is 32.4 Å². The Morgan fingerprint density at radius 1 is 1.20 bits per heavy atom. The van der Waals surface area contributed by atoms with E-state index in [4.69, 9.17) is 4.42 Å². The first kappa shape index (κ1) is 22.2. The van der Waals surface area contributed by atoms with E-state index in [1.807, 2.05) is 13.8 Å². The molecule has 144 valence electrons. The molecule has 0 aromatic carbocycles. The Morgan fingerprint density at radius 2 is 1.88 bits per heavy atom. The predicted molar refractivity (Wildman–Crippen MR) is 114 cm³/mol. The lowest BCUT2D eigenvalue weighted by atomic mass is 9.98. The van der Waals surface area contributed by atoms with Crippen LogP contribution in [0.25, 0.3) is 0 Å². The van der Waals surface area contributed by atoms with E-state index in [2.05, 4.69) is 46.3 Å². The van der Waals surface area contributed by atoms with Crippen LogP contribution in [0.1, 0.15) is 57.4 Å². The molecule has 0 unspecified atom stereocenters. The van der Waals surface area contributed by atoms with E-state index in [9.17, 15) is 0 Å². The molecule has 1 aliphatic heterocycles. The number of oxazole rings is 1. The monoisotopic (exact) mass is 463 g/mol. The minimum atomic E-state index is 0. The highest BCUT2D eigenvalue weighted by Crippen LogP contribution is 2.19. The summed E-state index contributed by atoms with van der Waals surface area (Å²) in [5, 5.41) is 6.78. The number of rotatable bonds is 6. The van der Waals surface area contributed by atoms with Crippen LogP contribution in [0.3, 0.4) is 0 Å². The van der Waals surface area contributed by atoms with Crippen molar-refractivity contribution < 1.29 is 4.42 Å². The molecular formula is C18H34IN5O. The molecule has 1 aromatic rings. The van der Waals surface area contributed by atoms with Crippen molar-refractivity contribution in [3.05, 3.63) is 17.3 Å². The van der Waals surface area contributed by atoms with Crippen molar-refractivity contribution in [2.45, 2.75) is 66.0 Å². The quantitative estimate of drug-likeness (QED) is 0.385. The van der Waals surface area contributed by atoms with Gasteiger partial charge in [0, 0.05) is 18.6 Å². The van der Waals surface area contributed by atoms with Crippen LogP contribution >= 0.6 is 24.0 Å². The summed E-state index contributed by atoms with van der Waals surface area (Å²) in [6.45, 7) is 15.1. The molecule has 1 fully saturated rings. The van der Waals surface area contributed by atoms with E-state index < -0.39 is 0 Å². The maximum atomic E-state index is 5.60.